The molecule has 3 heteroatoms. The van der Waals surface area contributed by atoms with Gasteiger partial charge in [-0.15, -0.1) is 0 Å². The lowest BCUT2D eigenvalue weighted by Crippen LogP contribution is -2.08. The van der Waals surface area contributed by atoms with Crippen molar-refractivity contribution < 1.29 is 14.6 Å². The highest BCUT2D eigenvalue weighted by molar-refractivity contribution is 5.96. The summed E-state index contributed by atoms with van der Waals surface area (Å²) in [5.74, 6) is 0.806. The fraction of sp³-hybridized carbons (Fsp3) is 0.462. The van der Waals surface area contributed by atoms with Crippen LogP contribution in [-0.2, 0) is 0 Å². The number of aliphatic hydroxyl groups excluding tert-OH is 1. The van der Waals surface area contributed by atoms with E-state index in [1.54, 1.807) is 31.4 Å². The van der Waals surface area contributed by atoms with E-state index in [1.165, 1.54) is 0 Å². The van der Waals surface area contributed by atoms with Crippen molar-refractivity contribution in [1.29, 1.82) is 0 Å². The number of hydrogen-bond donors (Lipinski definition) is 1. The lowest BCUT2D eigenvalue weighted by molar-refractivity contribution is 0.0937. The van der Waals surface area contributed by atoms with Gasteiger partial charge in [-0.1, -0.05) is 6.92 Å². The topological polar surface area (TPSA) is 46.5 Å². The maximum atomic E-state index is 11.7. The standard InChI is InChI=1S/C13H18O3/c1-3-11(14)6-9-13(15)10-4-7-12(16-2)8-5-10/h4-5,7-8,11,14H,3,6,9H2,1-2H3/t11-/m1/s1. The molecule has 0 heterocycles. The first-order valence-corrected chi connectivity index (χ1v) is 5.52. The summed E-state index contributed by atoms with van der Waals surface area (Å²) in [5, 5.41) is 9.36. The van der Waals surface area contributed by atoms with Crippen molar-refractivity contribution in [3.05, 3.63) is 29.8 Å². The average molecular weight is 222 g/mol. The van der Waals surface area contributed by atoms with Crippen LogP contribution < -0.4 is 4.74 Å². The zero-order valence-electron chi connectivity index (χ0n) is 9.77. The average Bonchev–Trinajstić information content (AvgIpc) is 2.35. The van der Waals surface area contributed by atoms with Crippen LogP contribution in [0.25, 0.3) is 0 Å². The van der Waals surface area contributed by atoms with Gasteiger partial charge in [-0.25, -0.2) is 0 Å². The van der Waals surface area contributed by atoms with Gasteiger partial charge >= 0.3 is 0 Å². The van der Waals surface area contributed by atoms with Crippen molar-refractivity contribution in [2.45, 2.75) is 32.3 Å². The van der Waals surface area contributed by atoms with Crippen molar-refractivity contribution in [2.75, 3.05) is 7.11 Å². The Morgan fingerprint density at radius 1 is 1.38 bits per heavy atom. The second-order valence-electron chi connectivity index (χ2n) is 3.75. The van der Waals surface area contributed by atoms with Gasteiger partial charge in [0.2, 0.25) is 0 Å². The molecule has 88 valence electrons. The van der Waals surface area contributed by atoms with Gasteiger partial charge in [0.1, 0.15) is 5.75 Å². The number of methoxy groups -OCH3 is 1. The number of carbonyl (C=O) groups excluding carboxylic acids is 1. The molecule has 0 aromatic heterocycles. The Balaban J connectivity index is 2.52. The fourth-order valence-electron chi connectivity index (χ4n) is 1.42. The van der Waals surface area contributed by atoms with Crippen molar-refractivity contribution in [3.8, 4) is 5.75 Å². The number of benzene rings is 1. The molecule has 1 rings (SSSR count). The van der Waals surface area contributed by atoms with Gasteiger partial charge in [-0.3, -0.25) is 4.79 Å². The molecule has 0 fully saturated rings. The predicted molar refractivity (Wildman–Crippen MR) is 62.9 cm³/mol. The lowest BCUT2D eigenvalue weighted by atomic mass is 10.0. The van der Waals surface area contributed by atoms with Crippen LogP contribution in [0.4, 0.5) is 0 Å². The summed E-state index contributed by atoms with van der Waals surface area (Å²) in [6.45, 7) is 1.91. The van der Waals surface area contributed by atoms with Crippen LogP contribution in [0.2, 0.25) is 0 Å². The van der Waals surface area contributed by atoms with E-state index in [0.717, 1.165) is 5.75 Å². The molecule has 16 heavy (non-hydrogen) atoms. The second-order valence-corrected chi connectivity index (χ2v) is 3.75. The van der Waals surface area contributed by atoms with Crippen molar-refractivity contribution in [1.82, 2.24) is 0 Å². The monoisotopic (exact) mass is 222 g/mol. The minimum atomic E-state index is -0.373. The Bertz CT molecular complexity index is 330. The second kappa shape index (κ2) is 6.28. The zero-order valence-corrected chi connectivity index (χ0v) is 9.77. The largest absolute Gasteiger partial charge is 0.497 e. The van der Waals surface area contributed by atoms with E-state index in [9.17, 15) is 9.90 Å². The molecule has 0 aliphatic heterocycles. The number of Topliss-reactive ketones (excluding diaryl/α,β-unsaturated/α-hetero) is 1. The Morgan fingerprint density at radius 3 is 2.50 bits per heavy atom. The van der Waals surface area contributed by atoms with E-state index in [2.05, 4.69) is 0 Å². The third-order valence-corrected chi connectivity index (χ3v) is 2.59. The van der Waals surface area contributed by atoms with E-state index in [0.29, 0.717) is 24.8 Å². The number of ether oxygens (including phenoxy) is 1. The lowest BCUT2D eigenvalue weighted by Gasteiger charge is -2.06. The van der Waals surface area contributed by atoms with Crippen LogP contribution in [0.5, 0.6) is 5.75 Å². The molecule has 0 bridgehead atoms. The maximum Gasteiger partial charge on any atom is 0.162 e. The van der Waals surface area contributed by atoms with Gasteiger partial charge in [0, 0.05) is 12.0 Å². The highest BCUT2D eigenvalue weighted by atomic mass is 16.5. The summed E-state index contributed by atoms with van der Waals surface area (Å²) < 4.78 is 5.01. The molecule has 3 nitrogen and oxygen atoms in total. The summed E-state index contributed by atoms with van der Waals surface area (Å²) >= 11 is 0. The molecular formula is C13H18O3. The smallest absolute Gasteiger partial charge is 0.162 e. The third-order valence-electron chi connectivity index (χ3n) is 2.59. The van der Waals surface area contributed by atoms with Crippen LogP contribution >= 0.6 is 0 Å². The Morgan fingerprint density at radius 2 is 2.00 bits per heavy atom. The molecule has 0 radical (unpaired) electrons. The van der Waals surface area contributed by atoms with Gasteiger partial charge in [-0.05, 0) is 37.1 Å². The first kappa shape index (κ1) is 12.7. The van der Waals surface area contributed by atoms with Gasteiger partial charge in [0.25, 0.3) is 0 Å². The number of ketones is 1. The van der Waals surface area contributed by atoms with Crippen LogP contribution in [0.3, 0.4) is 0 Å². The van der Waals surface area contributed by atoms with Crippen LogP contribution in [0.15, 0.2) is 24.3 Å². The van der Waals surface area contributed by atoms with Crippen LogP contribution in [0.1, 0.15) is 36.5 Å². The maximum absolute atomic E-state index is 11.7. The molecule has 0 saturated carbocycles. The van der Waals surface area contributed by atoms with Gasteiger partial charge in [-0.2, -0.15) is 0 Å². The minimum Gasteiger partial charge on any atom is -0.497 e. The highest BCUT2D eigenvalue weighted by Crippen LogP contribution is 2.14. The minimum absolute atomic E-state index is 0.0650. The van der Waals surface area contributed by atoms with Crippen molar-refractivity contribution in [3.63, 3.8) is 0 Å². The number of hydrogen-bond acceptors (Lipinski definition) is 3. The zero-order chi connectivity index (χ0) is 12.0. The molecule has 0 aliphatic carbocycles. The molecule has 1 aromatic rings. The molecule has 0 spiro atoms. The summed E-state index contributed by atoms with van der Waals surface area (Å²) in [6.07, 6.45) is 1.24. The van der Waals surface area contributed by atoms with Gasteiger partial charge < -0.3 is 9.84 Å². The third kappa shape index (κ3) is 3.66. The normalized spacial score (nSPS) is 12.2. The van der Waals surface area contributed by atoms with E-state index < -0.39 is 0 Å². The SMILES string of the molecule is CC[C@@H](O)CCC(=O)c1ccc(OC)cc1. The van der Waals surface area contributed by atoms with Crippen LogP contribution in [-0.4, -0.2) is 24.1 Å². The van der Waals surface area contributed by atoms with Crippen LogP contribution in [0, 0.1) is 0 Å². The van der Waals surface area contributed by atoms with Gasteiger partial charge in [0.05, 0.1) is 13.2 Å². The summed E-state index contributed by atoms with van der Waals surface area (Å²) in [6, 6.07) is 7.03. The highest BCUT2D eigenvalue weighted by Gasteiger charge is 2.08. The first-order valence-electron chi connectivity index (χ1n) is 5.52. The summed E-state index contributed by atoms with van der Waals surface area (Å²) in [5.41, 5.74) is 0.670. The molecule has 1 N–H and O–H groups in total. The Hall–Kier alpha value is -1.35. The molecule has 1 aromatic carbocycles. The first-order chi connectivity index (χ1) is 7.67. The van der Waals surface area contributed by atoms with E-state index >= 15 is 0 Å². The van der Waals surface area contributed by atoms with E-state index in [-0.39, 0.29) is 11.9 Å². The van der Waals surface area contributed by atoms with E-state index in [1.807, 2.05) is 6.92 Å². The molecule has 0 amide bonds. The van der Waals surface area contributed by atoms with Crippen molar-refractivity contribution in [2.24, 2.45) is 0 Å². The fourth-order valence-corrected chi connectivity index (χ4v) is 1.42. The van der Waals surface area contributed by atoms with Crippen molar-refractivity contribution >= 4 is 5.78 Å². The molecule has 0 aliphatic rings. The quantitative estimate of drug-likeness (QED) is 0.752. The Labute approximate surface area is 96.1 Å². The number of aliphatic hydroxyl groups is 1. The Kier molecular flexibility index (Phi) is 4.99. The predicted octanol–water partition coefficient (Wildman–Crippen LogP) is 2.43. The molecule has 0 unspecified atom stereocenters. The number of carbonyl (C=O) groups is 1. The molecule has 1 atom stereocenters. The van der Waals surface area contributed by atoms with E-state index in [4.69, 9.17) is 4.74 Å². The molecule has 0 saturated heterocycles. The molecular weight excluding hydrogens is 204 g/mol. The number of rotatable bonds is 6. The summed E-state index contributed by atoms with van der Waals surface area (Å²) in [7, 11) is 1.59. The van der Waals surface area contributed by atoms with Gasteiger partial charge in [0.15, 0.2) is 5.78 Å². The summed E-state index contributed by atoms with van der Waals surface area (Å²) in [4.78, 5) is 11.7.